The molecule has 2 aliphatic rings. The van der Waals surface area contributed by atoms with Crippen LogP contribution in [0.5, 0.6) is 0 Å². The maximum atomic E-state index is 14.7. The van der Waals surface area contributed by atoms with Gasteiger partial charge in [0, 0.05) is 17.6 Å². The highest BCUT2D eigenvalue weighted by Crippen LogP contribution is 2.35. The van der Waals surface area contributed by atoms with E-state index in [9.17, 15) is 23.4 Å². The number of anilines is 1. The first-order chi connectivity index (χ1) is 17.7. The van der Waals surface area contributed by atoms with Crippen molar-refractivity contribution in [1.82, 2.24) is 24.4 Å². The van der Waals surface area contributed by atoms with Gasteiger partial charge in [0.1, 0.15) is 16.9 Å². The first-order valence-electron chi connectivity index (χ1n) is 12.7. The number of nitrogens with zero attached hydrogens (tertiary/aromatic N) is 5. The van der Waals surface area contributed by atoms with Crippen LogP contribution in [-0.4, -0.2) is 65.8 Å². The Morgan fingerprint density at radius 1 is 1.18 bits per heavy atom. The molecule has 4 N–H and O–H groups in total. The molecule has 0 spiro atoms. The van der Waals surface area contributed by atoms with Crippen LogP contribution in [0.15, 0.2) is 18.3 Å². The molecule has 5 rings (SSSR count). The molecule has 1 aromatic carbocycles. The smallest absolute Gasteiger partial charge is 0.272 e. The Morgan fingerprint density at radius 2 is 1.87 bits per heavy atom. The first kappa shape index (κ1) is 28.5. The summed E-state index contributed by atoms with van der Waals surface area (Å²) >= 11 is 6.15. The number of likely N-dealkylation sites (tertiary alicyclic amines) is 1. The van der Waals surface area contributed by atoms with Gasteiger partial charge in [-0.3, -0.25) is 4.90 Å². The number of aliphatic hydroxyl groups is 2. The summed E-state index contributed by atoms with van der Waals surface area (Å²) in [5, 5.41) is 20.0. The Labute approximate surface area is 224 Å². The van der Waals surface area contributed by atoms with Gasteiger partial charge in [-0.25, -0.2) is 28.1 Å². The Hall–Kier alpha value is -2.47. The number of imidazole rings is 1. The highest BCUT2D eigenvalue weighted by atomic mass is 35.5. The number of aliphatic hydroxyl groups excluding tert-OH is 1. The van der Waals surface area contributed by atoms with E-state index < -0.39 is 17.3 Å². The van der Waals surface area contributed by atoms with Crippen molar-refractivity contribution in [2.24, 2.45) is 0 Å². The Kier molecular flexibility index (Phi) is 7.96. The maximum absolute atomic E-state index is 14.7. The molecular formula is C26H34ClF3N6O2. The summed E-state index contributed by atoms with van der Waals surface area (Å²) in [4.78, 5) is 14.1. The lowest BCUT2D eigenvalue weighted by molar-refractivity contribution is -0.154. The van der Waals surface area contributed by atoms with E-state index in [2.05, 4.69) is 15.0 Å². The molecule has 2 unspecified atom stereocenters. The summed E-state index contributed by atoms with van der Waals surface area (Å²) < 4.78 is 41.6. The molecule has 2 aromatic heterocycles. The number of fused-ring (bicyclic) bond motifs is 1. The number of aromatic nitrogens is 4. The lowest BCUT2D eigenvalue weighted by Crippen LogP contribution is -2.60. The van der Waals surface area contributed by atoms with Crippen LogP contribution in [-0.2, 0) is 5.60 Å². The number of halogens is 4. The summed E-state index contributed by atoms with van der Waals surface area (Å²) in [6, 6.07) is 3.21. The minimum atomic E-state index is -2.47. The molecule has 0 bridgehead atoms. The van der Waals surface area contributed by atoms with Crippen molar-refractivity contribution >= 4 is 28.6 Å². The third-order valence-electron chi connectivity index (χ3n) is 6.85. The molecule has 3 heterocycles. The number of rotatable bonds is 4. The van der Waals surface area contributed by atoms with Gasteiger partial charge in [-0.05, 0) is 65.5 Å². The number of hydrogen-bond donors (Lipinski definition) is 3. The molecule has 0 radical (unpaired) electrons. The van der Waals surface area contributed by atoms with Crippen molar-refractivity contribution in [2.45, 2.75) is 83.1 Å². The molecule has 1 saturated heterocycles. The molecular weight excluding hydrogens is 521 g/mol. The molecule has 208 valence electrons. The van der Waals surface area contributed by atoms with Crippen molar-refractivity contribution in [3.63, 3.8) is 0 Å². The summed E-state index contributed by atoms with van der Waals surface area (Å²) in [6.45, 7) is 6.91. The summed E-state index contributed by atoms with van der Waals surface area (Å²) in [5.74, 6) is -2.55. The van der Waals surface area contributed by atoms with Crippen molar-refractivity contribution in [3.05, 3.63) is 35.0 Å². The van der Waals surface area contributed by atoms with Crippen molar-refractivity contribution in [3.8, 4) is 11.3 Å². The molecule has 12 heteroatoms. The van der Waals surface area contributed by atoms with Gasteiger partial charge < -0.3 is 20.5 Å². The third-order valence-corrected chi connectivity index (χ3v) is 7.13. The minimum absolute atomic E-state index is 0.0352. The van der Waals surface area contributed by atoms with E-state index in [1.165, 1.54) is 12.3 Å². The zero-order valence-electron chi connectivity index (χ0n) is 21.9. The van der Waals surface area contributed by atoms with Crippen LogP contribution in [0.25, 0.3) is 22.3 Å². The van der Waals surface area contributed by atoms with Crippen molar-refractivity contribution in [2.75, 3.05) is 18.8 Å². The van der Waals surface area contributed by atoms with Crippen molar-refractivity contribution in [1.29, 1.82) is 0 Å². The van der Waals surface area contributed by atoms with Crippen molar-refractivity contribution < 1.29 is 23.4 Å². The van der Waals surface area contributed by atoms with Crippen LogP contribution in [0.4, 0.5) is 19.1 Å². The van der Waals surface area contributed by atoms with Gasteiger partial charge in [0.05, 0.1) is 41.6 Å². The lowest BCUT2D eigenvalue weighted by atomic mass is 9.89. The molecule has 3 aromatic rings. The van der Waals surface area contributed by atoms with E-state index in [0.29, 0.717) is 29.0 Å². The molecule has 1 aliphatic carbocycles. The van der Waals surface area contributed by atoms with Gasteiger partial charge in [-0.15, -0.1) is 0 Å². The standard InChI is InChI=1S/C17H19ClFN5O.C9H15F2NO/c1-8(2)24-12-6-9(13-10(18)7-21-16(20)23-13)5-11(19)14(12)22-15(24)17(3,4)25;10-9(11)5-12(6-9)7-2-1-3-8(13)4-7/h5-8,25H,1-4H3,(H2,20,21,23);7-8,13H,1-6H2. The monoisotopic (exact) mass is 554 g/mol. The zero-order valence-corrected chi connectivity index (χ0v) is 22.7. The molecule has 1 aliphatic heterocycles. The van der Waals surface area contributed by atoms with E-state index in [4.69, 9.17) is 17.3 Å². The highest BCUT2D eigenvalue weighted by Gasteiger charge is 2.47. The fourth-order valence-electron chi connectivity index (χ4n) is 5.10. The Balaban J connectivity index is 0.000000216. The topological polar surface area (TPSA) is 113 Å². The maximum Gasteiger partial charge on any atom is 0.272 e. The number of alkyl halides is 2. The van der Waals surface area contributed by atoms with E-state index in [1.807, 2.05) is 13.8 Å². The average Bonchev–Trinajstić information content (AvgIpc) is 3.21. The van der Waals surface area contributed by atoms with Crippen LogP contribution < -0.4 is 5.73 Å². The number of nitrogen functional groups attached to an aromatic ring is 1. The highest BCUT2D eigenvalue weighted by molar-refractivity contribution is 6.33. The largest absolute Gasteiger partial charge is 0.393 e. The zero-order chi connectivity index (χ0) is 28.0. The molecule has 2 fully saturated rings. The fourth-order valence-corrected chi connectivity index (χ4v) is 5.30. The quantitative estimate of drug-likeness (QED) is 0.419. The molecule has 2 atom stereocenters. The van der Waals surface area contributed by atoms with Gasteiger partial charge in [0.25, 0.3) is 5.92 Å². The predicted molar refractivity (Wildman–Crippen MR) is 141 cm³/mol. The first-order valence-corrected chi connectivity index (χ1v) is 13.1. The number of nitrogens with two attached hydrogens (primary N) is 1. The fraction of sp³-hybridized carbons (Fsp3) is 0.577. The molecule has 8 nitrogen and oxygen atoms in total. The predicted octanol–water partition coefficient (Wildman–Crippen LogP) is 4.92. The second-order valence-electron chi connectivity index (χ2n) is 10.9. The molecule has 38 heavy (non-hydrogen) atoms. The Bertz CT molecular complexity index is 1300. The molecule has 0 amide bonds. The third kappa shape index (κ3) is 6.06. The van der Waals surface area contributed by atoms with Gasteiger partial charge >= 0.3 is 0 Å². The SMILES string of the molecule is CC(C)n1c(C(C)(C)O)nc2c(F)cc(-c3nc(N)ncc3Cl)cc21.OC1CCCC(N2CC(F)(F)C2)C1. The van der Waals surface area contributed by atoms with E-state index in [0.717, 1.165) is 19.3 Å². The van der Waals surface area contributed by atoms with Gasteiger partial charge in [0.15, 0.2) is 5.82 Å². The second-order valence-corrected chi connectivity index (χ2v) is 11.4. The number of hydrogen-bond acceptors (Lipinski definition) is 7. The normalized spacial score (nSPS) is 21.8. The van der Waals surface area contributed by atoms with Crippen LogP contribution in [0.3, 0.4) is 0 Å². The summed E-state index contributed by atoms with van der Waals surface area (Å²) in [5.41, 5.74) is 5.96. The minimum Gasteiger partial charge on any atom is -0.393 e. The van der Waals surface area contributed by atoms with E-state index >= 15 is 0 Å². The van der Waals surface area contributed by atoms with Crippen LogP contribution >= 0.6 is 11.6 Å². The summed E-state index contributed by atoms with van der Waals surface area (Å²) in [7, 11) is 0. The van der Waals surface area contributed by atoms with Crippen LogP contribution in [0.1, 0.15) is 65.2 Å². The summed E-state index contributed by atoms with van der Waals surface area (Å²) in [6.07, 6.45) is 4.55. The lowest BCUT2D eigenvalue weighted by Gasteiger charge is -2.45. The average molecular weight is 555 g/mol. The molecule has 1 saturated carbocycles. The number of benzene rings is 1. The van der Waals surface area contributed by atoms with Gasteiger partial charge in [0.2, 0.25) is 5.95 Å². The van der Waals surface area contributed by atoms with Crippen LogP contribution in [0.2, 0.25) is 5.02 Å². The van der Waals surface area contributed by atoms with E-state index in [-0.39, 0.29) is 47.8 Å². The second kappa shape index (κ2) is 10.6. The van der Waals surface area contributed by atoms with E-state index in [1.54, 1.807) is 29.4 Å². The van der Waals surface area contributed by atoms with Gasteiger partial charge in [-0.1, -0.05) is 11.6 Å². The Morgan fingerprint density at radius 3 is 2.45 bits per heavy atom. The van der Waals surface area contributed by atoms with Crippen LogP contribution in [0, 0.1) is 5.82 Å². The van der Waals surface area contributed by atoms with Gasteiger partial charge in [-0.2, -0.15) is 0 Å².